The van der Waals surface area contributed by atoms with Crippen molar-refractivity contribution in [3.05, 3.63) is 57.5 Å². The Hall–Kier alpha value is -1.72. The number of rotatable bonds is 4. The first-order valence-electron chi connectivity index (χ1n) is 7.45. The number of carbonyl (C=O) groups excluding carboxylic acids is 1. The smallest absolute Gasteiger partial charge is 0.234 e. The second-order valence-electron chi connectivity index (χ2n) is 5.56. The maximum absolute atomic E-state index is 13.5. The number of carbonyl (C=O) groups is 1. The molecule has 0 bridgehead atoms. The van der Waals surface area contributed by atoms with Crippen LogP contribution in [-0.4, -0.2) is 23.9 Å². The fourth-order valence-corrected chi connectivity index (χ4v) is 3.82. The molecule has 1 aliphatic rings. The predicted octanol–water partition coefficient (Wildman–Crippen LogP) is 3.12. The van der Waals surface area contributed by atoms with Gasteiger partial charge in [-0.3, -0.25) is 9.69 Å². The Morgan fingerprint density at radius 3 is 3.05 bits per heavy atom. The molecule has 0 aliphatic carbocycles. The average Bonchev–Trinajstić information content (AvgIpc) is 2.99. The number of fused-ring (bicyclic) bond motifs is 1. The summed E-state index contributed by atoms with van der Waals surface area (Å²) in [4.78, 5) is 15.7. The zero-order chi connectivity index (χ0) is 15.5. The van der Waals surface area contributed by atoms with Crippen molar-refractivity contribution in [2.45, 2.75) is 25.9 Å². The summed E-state index contributed by atoms with van der Waals surface area (Å²) in [6, 6.07) is 8.93. The molecule has 1 aromatic carbocycles. The first-order valence-corrected chi connectivity index (χ1v) is 8.33. The van der Waals surface area contributed by atoms with Crippen molar-refractivity contribution >= 4 is 17.2 Å². The number of amides is 1. The van der Waals surface area contributed by atoms with Crippen LogP contribution in [0.3, 0.4) is 0 Å². The maximum atomic E-state index is 13.5. The fourth-order valence-electron chi connectivity index (χ4n) is 2.85. The molecule has 2 heterocycles. The molecule has 3 rings (SSSR count). The largest absolute Gasteiger partial charge is 0.351 e. The van der Waals surface area contributed by atoms with Gasteiger partial charge in [0, 0.05) is 29.6 Å². The highest BCUT2D eigenvalue weighted by atomic mass is 32.1. The minimum absolute atomic E-state index is 0.0613. The molecule has 5 heteroatoms. The third-order valence-corrected chi connectivity index (χ3v) is 5.18. The van der Waals surface area contributed by atoms with E-state index in [2.05, 4.69) is 28.6 Å². The van der Waals surface area contributed by atoms with Gasteiger partial charge in [0.1, 0.15) is 5.82 Å². The molecule has 1 aromatic heterocycles. The van der Waals surface area contributed by atoms with Gasteiger partial charge in [0.2, 0.25) is 5.91 Å². The molecule has 0 unspecified atom stereocenters. The van der Waals surface area contributed by atoms with E-state index in [4.69, 9.17) is 0 Å². The molecule has 0 saturated heterocycles. The van der Waals surface area contributed by atoms with Crippen LogP contribution in [0.15, 0.2) is 35.7 Å². The summed E-state index contributed by atoms with van der Waals surface area (Å²) in [6.07, 6.45) is 0.998. The number of thiophene rings is 1. The second-order valence-corrected chi connectivity index (χ2v) is 6.56. The number of benzene rings is 1. The van der Waals surface area contributed by atoms with E-state index in [1.54, 1.807) is 29.5 Å². The Labute approximate surface area is 133 Å². The summed E-state index contributed by atoms with van der Waals surface area (Å²) in [5, 5.41) is 4.92. The van der Waals surface area contributed by atoms with E-state index in [1.165, 1.54) is 16.5 Å². The molecule has 1 atom stereocenters. The van der Waals surface area contributed by atoms with Crippen LogP contribution in [0.25, 0.3) is 0 Å². The highest BCUT2D eigenvalue weighted by Gasteiger charge is 2.25. The minimum Gasteiger partial charge on any atom is -0.351 e. The van der Waals surface area contributed by atoms with Gasteiger partial charge in [-0.05, 0) is 36.4 Å². The Kier molecular flexibility index (Phi) is 4.55. The molecule has 2 aromatic rings. The highest BCUT2D eigenvalue weighted by molar-refractivity contribution is 7.10. The summed E-state index contributed by atoms with van der Waals surface area (Å²) in [5.74, 6) is -0.342. The lowest BCUT2D eigenvalue weighted by Gasteiger charge is -2.32. The van der Waals surface area contributed by atoms with E-state index >= 15 is 0 Å². The lowest BCUT2D eigenvalue weighted by Crippen LogP contribution is -2.41. The van der Waals surface area contributed by atoms with Crippen molar-refractivity contribution in [3.63, 3.8) is 0 Å². The SMILES string of the molecule is C[C@@H]1c2ccsc2CCN1CC(=O)NCc1ccccc1F. The van der Waals surface area contributed by atoms with Gasteiger partial charge in [-0.2, -0.15) is 0 Å². The van der Waals surface area contributed by atoms with Crippen molar-refractivity contribution in [2.75, 3.05) is 13.1 Å². The van der Waals surface area contributed by atoms with Gasteiger partial charge in [0.25, 0.3) is 0 Å². The molecule has 3 nitrogen and oxygen atoms in total. The summed E-state index contributed by atoms with van der Waals surface area (Å²) in [7, 11) is 0. The van der Waals surface area contributed by atoms with Crippen LogP contribution in [0.5, 0.6) is 0 Å². The zero-order valence-corrected chi connectivity index (χ0v) is 13.3. The Balaban J connectivity index is 1.55. The molecule has 1 aliphatic heterocycles. The Bertz CT molecular complexity index is 670. The summed E-state index contributed by atoms with van der Waals surface area (Å²) < 4.78 is 13.5. The van der Waals surface area contributed by atoms with E-state index < -0.39 is 0 Å². The third-order valence-electron chi connectivity index (χ3n) is 4.18. The number of nitrogens with zero attached hydrogens (tertiary/aromatic N) is 1. The van der Waals surface area contributed by atoms with Gasteiger partial charge >= 0.3 is 0 Å². The van der Waals surface area contributed by atoms with Gasteiger partial charge in [0.05, 0.1) is 6.54 Å². The highest BCUT2D eigenvalue weighted by Crippen LogP contribution is 2.32. The molecule has 1 amide bonds. The standard InChI is InChI=1S/C17H19FN2OS/c1-12-14-7-9-22-16(14)6-8-20(12)11-17(21)19-10-13-4-2-3-5-15(13)18/h2-5,7,9,12H,6,8,10-11H2,1H3,(H,19,21)/t12-/m1/s1. The average molecular weight is 318 g/mol. The molecule has 0 radical (unpaired) electrons. The fraction of sp³-hybridized carbons (Fsp3) is 0.353. The summed E-state index contributed by atoms with van der Waals surface area (Å²) in [5.41, 5.74) is 1.85. The van der Waals surface area contributed by atoms with Gasteiger partial charge in [0.15, 0.2) is 0 Å². The van der Waals surface area contributed by atoms with Gasteiger partial charge in [-0.15, -0.1) is 11.3 Å². The van der Waals surface area contributed by atoms with Crippen molar-refractivity contribution < 1.29 is 9.18 Å². The maximum Gasteiger partial charge on any atom is 0.234 e. The van der Waals surface area contributed by atoms with Crippen molar-refractivity contribution in [1.29, 1.82) is 0 Å². The molecule has 1 N–H and O–H groups in total. The van der Waals surface area contributed by atoms with Crippen LogP contribution in [0.2, 0.25) is 0 Å². The number of halogens is 1. The van der Waals surface area contributed by atoms with Crippen LogP contribution in [-0.2, 0) is 17.8 Å². The van der Waals surface area contributed by atoms with Crippen LogP contribution in [0, 0.1) is 5.82 Å². The van der Waals surface area contributed by atoms with E-state index in [0.717, 1.165) is 13.0 Å². The van der Waals surface area contributed by atoms with Gasteiger partial charge in [-0.25, -0.2) is 4.39 Å². The van der Waals surface area contributed by atoms with E-state index in [-0.39, 0.29) is 24.3 Å². The first kappa shape index (κ1) is 15.2. The summed E-state index contributed by atoms with van der Waals surface area (Å²) >= 11 is 1.79. The lowest BCUT2D eigenvalue weighted by atomic mass is 10.0. The predicted molar refractivity (Wildman–Crippen MR) is 86.3 cm³/mol. The van der Waals surface area contributed by atoms with Crippen molar-refractivity contribution in [1.82, 2.24) is 10.2 Å². The molecule has 0 spiro atoms. The van der Waals surface area contributed by atoms with Crippen LogP contribution < -0.4 is 5.32 Å². The molecular weight excluding hydrogens is 299 g/mol. The molecule has 0 fully saturated rings. The van der Waals surface area contributed by atoms with Crippen molar-refractivity contribution in [2.24, 2.45) is 0 Å². The summed E-state index contributed by atoms with van der Waals surface area (Å²) in [6.45, 7) is 3.61. The van der Waals surface area contributed by atoms with E-state index in [9.17, 15) is 9.18 Å². The van der Waals surface area contributed by atoms with Gasteiger partial charge in [-0.1, -0.05) is 18.2 Å². The van der Waals surface area contributed by atoms with Gasteiger partial charge < -0.3 is 5.32 Å². The Morgan fingerprint density at radius 2 is 2.23 bits per heavy atom. The first-order chi connectivity index (χ1) is 10.6. The van der Waals surface area contributed by atoms with Crippen LogP contribution in [0.4, 0.5) is 4.39 Å². The normalized spacial score (nSPS) is 18.0. The van der Waals surface area contributed by atoms with E-state index in [0.29, 0.717) is 12.1 Å². The number of nitrogens with one attached hydrogen (secondary N) is 1. The molecular formula is C17H19FN2OS. The zero-order valence-electron chi connectivity index (χ0n) is 12.5. The monoisotopic (exact) mass is 318 g/mol. The van der Waals surface area contributed by atoms with E-state index in [1.807, 2.05) is 0 Å². The quantitative estimate of drug-likeness (QED) is 0.939. The molecule has 116 valence electrons. The third kappa shape index (κ3) is 3.20. The Morgan fingerprint density at radius 1 is 1.41 bits per heavy atom. The topological polar surface area (TPSA) is 32.3 Å². The lowest BCUT2D eigenvalue weighted by molar-refractivity contribution is -0.123. The second kappa shape index (κ2) is 6.58. The minimum atomic E-state index is -0.281. The molecule has 0 saturated carbocycles. The number of hydrogen-bond acceptors (Lipinski definition) is 3. The van der Waals surface area contributed by atoms with Crippen LogP contribution >= 0.6 is 11.3 Å². The molecule has 22 heavy (non-hydrogen) atoms. The van der Waals surface area contributed by atoms with Crippen molar-refractivity contribution in [3.8, 4) is 0 Å². The van der Waals surface area contributed by atoms with Crippen LogP contribution in [0.1, 0.15) is 29.0 Å². The number of hydrogen-bond donors (Lipinski definition) is 1.